The summed E-state index contributed by atoms with van der Waals surface area (Å²) >= 11 is 0. The molecule has 7 nitrogen and oxygen atoms in total. The number of hydrogen-bond acceptors (Lipinski definition) is 4. The highest BCUT2D eigenvalue weighted by atomic mass is 32.2. The monoisotopic (exact) mass is 445 g/mol. The quantitative estimate of drug-likeness (QED) is 0.782. The molecule has 1 heterocycles. The van der Waals surface area contributed by atoms with E-state index in [0.717, 1.165) is 19.1 Å². The SMILES string of the molecule is CC(=O)N1c2ccc(-c3ccc(NS(C)(=O)=O)c(F)c3)cc2N(C(=O)C2CC2)CC1C. The number of carbonyl (C=O) groups excluding carboxylic acids is 2. The summed E-state index contributed by atoms with van der Waals surface area (Å²) in [6.45, 7) is 3.81. The lowest BCUT2D eigenvalue weighted by Gasteiger charge is -2.41. The lowest BCUT2D eigenvalue weighted by molar-refractivity contribution is -0.120. The predicted molar refractivity (Wildman–Crippen MR) is 118 cm³/mol. The molecule has 1 N–H and O–H groups in total. The average molecular weight is 446 g/mol. The molecule has 1 aliphatic carbocycles. The second-order valence-corrected chi connectivity index (χ2v) is 9.98. The first-order chi connectivity index (χ1) is 14.5. The van der Waals surface area contributed by atoms with E-state index >= 15 is 0 Å². The van der Waals surface area contributed by atoms with E-state index in [4.69, 9.17) is 0 Å². The van der Waals surface area contributed by atoms with Crippen molar-refractivity contribution in [3.63, 3.8) is 0 Å². The van der Waals surface area contributed by atoms with Gasteiger partial charge in [-0.25, -0.2) is 12.8 Å². The van der Waals surface area contributed by atoms with E-state index in [9.17, 15) is 22.4 Å². The standard InChI is InChI=1S/C22H24FN3O4S/c1-13-12-25(22(28)15-4-5-15)21-11-17(7-9-20(21)26(13)14(2)27)16-6-8-19(18(23)10-16)24-31(3,29)30/h6-11,13,15,24H,4-5,12H2,1-3H3. The Balaban J connectivity index is 1.76. The number of nitrogens with zero attached hydrogens (tertiary/aromatic N) is 2. The smallest absolute Gasteiger partial charge is 0.230 e. The van der Waals surface area contributed by atoms with E-state index in [0.29, 0.717) is 29.0 Å². The molecule has 164 valence electrons. The van der Waals surface area contributed by atoms with E-state index in [1.54, 1.807) is 34.1 Å². The number of benzene rings is 2. The number of sulfonamides is 1. The van der Waals surface area contributed by atoms with Gasteiger partial charge in [-0.3, -0.25) is 14.3 Å². The van der Waals surface area contributed by atoms with E-state index < -0.39 is 15.8 Å². The molecular weight excluding hydrogens is 421 g/mol. The van der Waals surface area contributed by atoms with Crippen LogP contribution in [0, 0.1) is 11.7 Å². The van der Waals surface area contributed by atoms with E-state index in [-0.39, 0.29) is 29.5 Å². The molecule has 2 aliphatic rings. The Bertz CT molecular complexity index is 1180. The van der Waals surface area contributed by atoms with Crippen LogP contribution in [0.2, 0.25) is 0 Å². The van der Waals surface area contributed by atoms with Crippen LogP contribution in [0.5, 0.6) is 0 Å². The molecule has 2 amide bonds. The summed E-state index contributed by atoms with van der Waals surface area (Å²) in [5.41, 5.74) is 2.34. The molecule has 0 bridgehead atoms. The Labute approximate surface area is 180 Å². The van der Waals surface area contributed by atoms with Crippen LogP contribution in [0.4, 0.5) is 21.5 Å². The Morgan fingerprint density at radius 2 is 1.71 bits per heavy atom. The largest absolute Gasteiger partial charge is 0.308 e. The van der Waals surface area contributed by atoms with Gasteiger partial charge in [0.1, 0.15) is 5.82 Å². The molecule has 0 spiro atoms. The van der Waals surface area contributed by atoms with Gasteiger partial charge in [-0.05, 0) is 55.2 Å². The van der Waals surface area contributed by atoms with Crippen LogP contribution in [-0.2, 0) is 19.6 Å². The van der Waals surface area contributed by atoms with Gasteiger partial charge in [0.05, 0.1) is 29.4 Å². The minimum Gasteiger partial charge on any atom is -0.308 e. The Hall–Kier alpha value is -2.94. The molecule has 1 saturated carbocycles. The van der Waals surface area contributed by atoms with Gasteiger partial charge in [0.25, 0.3) is 0 Å². The van der Waals surface area contributed by atoms with Crippen LogP contribution >= 0.6 is 0 Å². The summed E-state index contributed by atoms with van der Waals surface area (Å²) in [7, 11) is -3.60. The lowest BCUT2D eigenvalue weighted by Crippen LogP contribution is -2.51. The van der Waals surface area contributed by atoms with Crippen molar-refractivity contribution in [2.45, 2.75) is 32.7 Å². The van der Waals surface area contributed by atoms with E-state index in [2.05, 4.69) is 4.72 Å². The highest BCUT2D eigenvalue weighted by molar-refractivity contribution is 7.92. The minimum atomic E-state index is -3.60. The van der Waals surface area contributed by atoms with Gasteiger partial charge >= 0.3 is 0 Å². The zero-order valence-electron chi connectivity index (χ0n) is 17.6. The van der Waals surface area contributed by atoms with Gasteiger partial charge in [0, 0.05) is 19.4 Å². The van der Waals surface area contributed by atoms with Crippen molar-refractivity contribution >= 4 is 38.9 Å². The number of amides is 2. The Morgan fingerprint density at radius 1 is 1.06 bits per heavy atom. The van der Waals surface area contributed by atoms with E-state index in [1.165, 1.54) is 19.1 Å². The van der Waals surface area contributed by atoms with Gasteiger partial charge in [-0.2, -0.15) is 0 Å². The average Bonchev–Trinajstić information content (AvgIpc) is 3.52. The fourth-order valence-corrected chi connectivity index (χ4v) is 4.59. The third kappa shape index (κ3) is 4.27. The maximum atomic E-state index is 14.5. The van der Waals surface area contributed by atoms with Crippen molar-refractivity contribution in [1.29, 1.82) is 0 Å². The van der Waals surface area contributed by atoms with Crippen molar-refractivity contribution in [3.8, 4) is 11.1 Å². The minimum absolute atomic E-state index is 0.0198. The number of fused-ring (bicyclic) bond motifs is 1. The fraction of sp³-hybridized carbons (Fsp3) is 0.364. The van der Waals surface area contributed by atoms with Crippen LogP contribution < -0.4 is 14.5 Å². The van der Waals surface area contributed by atoms with E-state index in [1.807, 2.05) is 6.92 Å². The zero-order valence-corrected chi connectivity index (χ0v) is 18.4. The van der Waals surface area contributed by atoms with Crippen LogP contribution in [0.25, 0.3) is 11.1 Å². The topological polar surface area (TPSA) is 86.8 Å². The van der Waals surface area contributed by atoms with Crippen molar-refractivity contribution < 1.29 is 22.4 Å². The Morgan fingerprint density at radius 3 is 2.29 bits per heavy atom. The molecule has 4 rings (SSSR count). The first kappa shape index (κ1) is 21.3. The highest BCUT2D eigenvalue weighted by Crippen LogP contribution is 2.42. The molecule has 1 unspecified atom stereocenters. The maximum Gasteiger partial charge on any atom is 0.230 e. The third-order valence-electron chi connectivity index (χ3n) is 5.54. The maximum absolute atomic E-state index is 14.5. The number of anilines is 3. The predicted octanol–water partition coefficient (Wildman–Crippen LogP) is 3.36. The molecule has 1 aliphatic heterocycles. The summed E-state index contributed by atoms with van der Waals surface area (Å²) in [4.78, 5) is 28.6. The summed E-state index contributed by atoms with van der Waals surface area (Å²) in [5.74, 6) is -0.744. The number of carbonyl (C=O) groups is 2. The van der Waals surface area contributed by atoms with Crippen molar-refractivity contribution in [1.82, 2.24) is 0 Å². The number of nitrogens with one attached hydrogen (secondary N) is 1. The summed E-state index contributed by atoms with van der Waals surface area (Å²) in [6, 6.07) is 9.40. The molecule has 9 heteroatoms. The lowest BCUT2D eigenvalue weighted by atomic mass is 10.00. The molecule has 31 heavy (non-hydrogen) atoms. The van der Waals surface area contributed by atoms with Gasteiger partial charge in [-0.15, -0.1) is 0 Å². The van der Waals surface area contributed by atoms with Gasteiger partial charge in [-0.1, -0.05) is 12.1 Å². The van der Waals surface area contributed by atoms with Crippen LogP contribution in [-0.4, -0.2) is 39.1 Å². The summed E-state index contributed by atoms with van der Waals surface area (Å²) in [6.07, 6.45) is 2.70. The molecule has 1 fully saturated rings. The molecule has 1 atom stereocenters. The zero-order chi connectivity index (χ0) is 22.5. The fourth-order valence-electron chi connectivity index (χ4n) is 4.02. The molecule has 2 aromatic rings. The first-order valence-corrected chi connectivity index (χ1v) is 12.0. The molecule has 0 radical (unpaired) electrons. The van der Waals surface area contributed by atoms with Crippen LogP contribution in [0.3, 0.4) is 0 Å². The molecule has 2 aromatic carbocycles. The third-order valence-corrected chi connectivity index (χ3v) is 6.13. The highest BCUT2D eigenvalue weighted by Gasteiger charge is 2.39. The van der Waals surface area contributed by atoms with Gasteiger partial charge in [0.15, 0.2) is 0 Å². The van der Waals surface area contributed by atoms with Crippen molar-refractivity contribution in [2.75, 3.05) is 27.3 Å². The number of hydrogen-bond donors (Lipinski definition) is 1. The van der Waals surface area contributed by atoms with Crippen LogP contribution in [0.15, 0.2) is 36.4 Å². The second kappa shape index (κ2) is 7.64. The Kier molecular flexibility index (Phi) is 5.25. The van der Waals surface area contributed by atoms with Gasteiger partial charge in [0.2, 0.25) is 21.8 Å². The normalized spacial score (nSPS) is 18.5. The number of halogens is 1. The molecule has 0 aromatic heterocycles. The van der Waals surface area contributed by atoms with Crippen LogP contribution in [0.1, 0.15) is 26.7 Å². The van der Waals surface area contributed by atoms with Gasteiger partial charge < -0.3 is 9.80 Å². The molecular formula is C22H24FN3O4S. The number of rotatable bonds is 4. The van der Waals surface area contributed by atoms with Crippen molar-refractivity contribution in [3.05, 3.63) is 42.2 Å². The second-order valence-electron chi connectivity index (χ2n) is 8.23. The summed E-state index contributed by atoms with van der Waals surface area (Å²) in [5, 5.41) is 0. The first-order valence-electron chi connectivity index (χ1n) is 10.1. The molecule has 0 saturated heterocycles. The van der Waals surface area contributed by atoms with Crippen molar-refractivity contribution in [2.24, 2.45) is 5.92 Å². The summed E-state index contributed by atoms with van der Waals surface area (Å²) < 4.78 is 39.4.